The summed E-state index contributed by atoms with van der Waals surface area (Å²) in [6.45, 7) is 2.31. The Morgan fingerprint density at radius 2 is 0.900 bits per heavy atom. The van der Waals surface area contributed by atoms with E-state index in [9.17, 15) is 0 Å². The van der Waals surface area contributed by atoms with Gasteiger partial charge in [0.05, 0.1) is 5.69 Å². The van der Waals surface area contributed by atoms with Crippen molar-refractivity contribution >= 4 is 61.5 Å². The number of hydrogen-bond donors (Lipinski definition) is 0. The third kappa shape index (κ3) is 6.36. The fourth-order valence-corrected chi connectivity index (χ4v) is 9.36. The summed E-state index contributed by atoms with van der Waals surface area (Å²) in [5.41, 5.74) is 13.0. The largest absolute Gasteiger partial charge is 0.310 e. The minimum Gasteiger partial charge on any atom is -0.310 e. The number of benzene rings is 10. The molecule has 11 rings (SSSR count). The molecule has 0 saturated heterocycles. The zero-order chi connectivity index (χ0) is 40.0. The highest BCUT2D eigenvalue weighted by molar-refractivity contribution is 6.12. The molecule has 1 aliphatic carbocycles. The highest BCUT2D eigenvalue weighted by Gasteiger charge is 2.20. The van der Waals surface area contributed by atoms with Crippen molar-refractivity contribution < 1.29 is 0 Å². The van der Waals surface area contributed by atoms with Crippen molar-refractivity contribution in [2.45, 2.75) is 13.3 Å². The van der Waals surface area contributed by atoms with E-state index in [1.54, 1.807) is 0 Å². The number of para-hydroxylation sites is 1. The maximum absolute atomic E-state index is 2.45. The third-order valence-corrected chi connectivity index (χ3v) is 12.4. The first-order chi connectivity index (χ1) is 29.7. The molecule has 0 heterocycles. The minimum absolute atomic E-state index is 0.524. The second kappa shape index (κ2) is 15.0. The highest BCUT2D eigenvalue weighted by Crippen LogP contribution is 2.44. The van der Waals surface area contributed by atoms with E-state index in [1.807, 2.05) is 0 Å². The molecule has 1 aliphatic rings. The van der Waals surface area contributed by atoms with Gasteiger partial charge in [0, 0.05) is 16.9 Å². The van der Waals surface area contributed by atoms with Gasteiger partial charge in [-0.3, -0.25) is 0 Å². The van der Waals surface area contributed by atoms with E-state index in [0.29, 0.717) is 5.92 Å². The van der Waals surface area contributed by atoms with E-state index in [0.717, 1.165) is 23.5 Å². The molecule has 1 nitrogen and oxygen atoms in total. The van der Waals surface area contributed by atoms with E-state index >= 15 is 0 Å². The van der Waals surface area contributed by atoms with Crippen molar-refractivity contribution in [1.29, 1.82) is 0 Å². The number of fused-ring (bicyclic) bond motifs is 6. The lowest BCUT2D eigenvalue weighted by atomic mass is 9.91. The van der Waals surface area contributed by atoms with Crippen molar-refractivity contribution in [3.05, 3.63) is 223 Å². The molecule has 10 aromatic rings. The quantitative estimate of drug-likeness (QED) is 0.146. The molecule has 0 radical (unpaired) electrons. The van der Waals surface area contributed by atoms with E-state index in [1.165, 1.54) is 87.3 Å². The Balaban J connectivity index is 1.04. The molecule has 0 amide bonds. The van der Waals surface area contributed by atoms with Crippen LogP contribution in [-0.2, 0) is 0 Å². The van der Waals surface area contributed by atoms with Crippen LogP contribution in [0.3, 0.4) is 0 Å². The first-order valence-corrected chi connectivity index (χ1v) is 21.1. The smallest absolute Gasteiger partial charge is 0.0540 e. The summed E-state index contributed by atoms with van der Waals surface area (Å²) < 4.78 is 0. The molecule has 0 aliphatic heterocycles. The Morgan fingerprint density at radius 1 is 0.367 bits per heavy atom. The second-order valence-electron chi connectivity index (χ2n) is 16.1. The Hall–Kier alpha value is -7.48. The van der Waals surface area contributed by atoms with Gasteiger partial charge in [-0.05, 0) is 124 Å². The summed E-state index contributed by atoms with van der Waals surface area (Å²) in [5.74, 6) is 0.524. The Morgan fingerprint density at radius 3 is 1.65 bits per heavy atom. The molecule has 0 bridgehead atoms. The maximum atomic E-state index is 2.45. The highest BCUT2D eigenvalue weighted by atomic mass is 15.1. The standard InChI is InChI=1S/C59H43N/c1-40-21-22-47-32-38-56-53(18-10-19-54(56)58(47)39-40)57-15-7-8-20-59(57)60(48-33-27-44(28-34-48)43-25-23-42(24-26-43)41-11-3-2-4-12-41)49-35-29-46(30-36-49)51-16-9-17-52-50-14-6-5-13-45(50)31-37-55(51)52/h2-20,22-40H,21H2,1H3. The van der Waals surface area contributed by atoms with Crippen LogP contribution in [-0.4, -0.2) is 0 Å². The van der Waals surface area contributed by atoms with Gasteiger partial charge in [-0.25, -0.2) is 0 Å². The van der Waals surface area contributed by atoms with Gasteiger partial charge in [0.15, 0.2) is 0 Å². The van der Waals surface area contributed by atoms with Gasteiger partial charge in [-0.1, -0.05) is 201 Å². The average molecular weight is 766 g/mol. The Kier molecular flexibility index (Phi) is 8.94. The minimum atomic E-state index is 0.524. The van der Waals surface area contributed by atoms with Crippen LogP contribution in [0.1, 0.15) is 13.3 Å². The molecule has 1 atom stereocenters. The first-order valence-electron chi connectivity index (χ1n) is 21.1. The fourth-order valence-electron chi connectivity index (χ4n) is 9.36. The van der Waals surface area contributed by atoms with Gasteiger partial charge in [-0.15, -0.1) is 0 Å². The van der Waals surface area contributed by atoms with Crippen LogP contribution >= 0.6 is 0 Å². The number of anilines is 3. The summed E-state index contributed by atoms with van der Waals surface area (Å²) >= 11 is 0. The van der Waals surface area contributed by atoms with Crippen molar-refractivity contribution in [2.24, 2.45) is 5.92 Å². The van der Waals surface area contributed by atoms with Crippen LogP contribution in [0.4, 0.5) is 17.1 Å². The van der Waals surface area contributed by atoms with E-state index in [4.69, 9.17) is 0 Å². The molecular formula is C59H43N. The normalized spacial score (nSPS) is 13.4. The first kappa shape index (κ1) is 35.7. The lowest BCUT2D eigenvalue weighted by Crippen LogP contribution is -2.29. The molecule has 0 spiro atoms. The van der Waals surface area contributed by atoms with Gasteiger partial charge < -0.3 is 4.90 Å². The molecule has 0 aromatic heterocycles. The Labute approximate surface area is 351 Å². The molecule has 0 fully saturated rings. The SMILES string of the molecule is CC1C=c2c(ccc3c(-c4ccccc4N(c4ccc(-c5ccc(-c6ccccc6)cc5)cc4)c4ccc(-c5cccc6c5ccc5ccccc56)cc4)cccc23)=CC1. The van der Waals surface area contributed by atoms with Gasteiger partial charge in [0.2, 0.25) is 0 Å². The fraction of sp³-hybridized carbons (Fsp3) is 0.0508. The van der Waals surface area contributed by atoms with E-state index in [2.05, 4.69) is 236 Å². The van der Waals surface area contributed by atoms with Crippen molar-refractivity contribution in [1.82, 2.24) is 0 Å². The third-order valence-electron chi connectivity index (χ3n) is 12.4. The van der Waals surface area contributed by atoms with Crippen molar-refractivity contribution in [2.75, 3.05) is 4.90 Å². The average Bonchev–Trinajstić information content (AvgIpc) is 3.32. The summed E-state index contributed by atoms with van der Waals surface area (Å²) in [7, 11) is 0. The van der Waals surface area contributed by atoms with Crippen LogP contribution in [0, 0.1) is 5.92 Å². The van der Waals surface area contributed by atoms with E-state index in [-0.39, 0.29) is 0 Å². The molecular weight excluding hydrogens is 723 g/mol. The number of hydrogen-bond acceptors (Lipinski definition) is 1. The predicted molar refractivity (Wildman–Crippen MR) is 257 cm³/mol. The van der Waals surface area contributed by atoms with Crippen molar-refractivity contribution in [3.8, 4) is 44.5 Å². The topological polar surface area (TPSA) is 3.24 Å². The molecule has 1 heteroatoms. The molecule has 0 N–H and O–H groups in total. The Bertz CT molecular complexity index is 3330. The number of nitrogens with zero attached hydrogens (tertiary/aromatic N) is 1. The van der Waals surface area contributed by atoms with E-state index < -0.39 is 0 Å². The van der Waals surface area contributed by atoms with Crippen molar-refractivity contribution in [3.63, 3.8) is 0 Å². The summed E-state index contributed by atoms with van der Waals surface area (Å²) in [4.78, 5) is 2.43. The maximum Gasteiger partial charge on any atom is 0.0540 e. The van der Waals surface area contributed by atoms with Gasteiger partial charge >= 0.3 is 0 Å². The second-order valence-corrected chi connectivity index (χ2v) is 16.1. The lowest BCUT2D eigenvalue weighted by Gasteiger charge is -2.28. The van der Waals surface area contributed by atoms with Crippen LogP contribution in [0.25, 0.3) is 89.0 Å². The van der Waals surface area contributed by atoms with Gasteiger partial charge in [0.1, 0.15) is 0 Å². The van der Waals surface area contributed by atoms with Crippen LogP contribution in [0.5, 0.6) is 0 Å². The van der Waals surface area contributed by atoms with Gasteiger partial charge in [0.25, 0.3) is 0 Å². The summed E-state index contributed by atoms with van der Waals surface area (Å²) in [6, 6.07) is 77.9. The zero-order valence-electron chi connectivity index (χ0n) is 33.6. The molecule has 0 saturated carbocycles. The molecule has 10 aromatic carbocycles. The number of rotatable bonds is 7. The monoisotopic (exact) mass is 765 g/mol. The summed E-state index contributed by atoms with van der Waals surface area (Å²) in [6.07, 6.45) is 5.94. The lowest BCUT2D eigenvalue weighted by molar-refractivity contribution is 0.801. The van der Waals surface area contributed by atoms with Crippen LogP contribution < -0.4 is 15.3 Å². The van der Waals surface area contributed by atoms with Crippen LogP contribution in [0.15, 0.2) is 212 Å². The molecule has 284 valence electrons. The predicted octanol–water partition coefficient (Wildman–Crippen LogP) is 14.9. The molecule has 1 unspecified atom stereocenters. The molecule has 60 heavy (non-hydrogen) atoms. The zero-order valence-corrected chi connectivity index (χ0v) is 33.6. The summed E-state index contributed by atoms with van der Waals surface area (Å²) in [5, 5.41) is 10.4. The van der Waals surface area contributed by atoms with Gasteiger partial charge in [-0.2, -0.15) is 0 Å². The van der Waals surface area contributed by atoms with Crippen LogP contribution in [0.2, 0.25) is 0 Å².